The first-order chi connectivity index (χ1) is 10.8. The number of halogens is 1. The van der Waals surface area contributed by atoms with Gasteiger partial charge in [-0.3, -0.25) is 9.10 Å². The lowest BCUT2D eigenvalue weighted by molar-refractivity contribution is -0.127. The minimum Gasteiger partial charge on any atom is -0.476 e. The van der Waals surface area contributed by atoms with Gasteiger partial charge in [0.15, 0.2) is 6.10 Å². The quantitative estimate of drug-likeness (QED) is 0.789. The second-order valence-corrected chi connectivity index (χ2v) is 7.85. The van der Waals surface area contributed by atoms with Crippen LogP contribution in [0.2, 0.25) is 5.02 Å². The van der Waals surface area contributed by atoms with Gasteiger partial charge in [0.1, 0.15) is 5.75 Å². The lowest BCUT2D eigenvalue weighted by atomic mass is 10.2. The van der Waals surface area contributed by atoms with Crippen molar-refractivity contribution in [2.24, 2.45) is 0 Å². The molecule has 1 N–H and O–H groups in total. The molecule has 0 radical (unpaired) electrons. The van der Waals surface area contributed by atoms with Crippen LogP contribution in [0, 0.1) is 0 Å². The van der Waals surface area contributed by atoms with Crippen molar-refractivity contribution in [3.05, 3.63) is 23.2 Å². The van der Waals surface area contributed by atoms with Gasteiger partial charge in [0.2, 0.25) is 10.0 Å². The number of carbonyl (C=O) groups excluding carboxylic acids is 1. The Kier molecular flexibility index (Phi) is 5.75. The number of rotatable bonds is 6. The lowest BCUT2D eigenvalue weighted by Gasteiger charge is -2.34. The van der Waals surface area contributed by atoms with Crippen LogP contribution < -0.4 is 14.4 Å². The van der Waals surface area contributed by atoms with Gasteiger partial charge >= 0.3 is 0 Å². The molecule has 23 heavy (non-hydrogen) atoms. The van der Waals surface area contributed by atoms with Crippen molar-refractivity contribution >= 4 is 33.2 Å². The Morgan fingerprint density at radius 2 is 2.17 bits per heavy atom. The van der Waals surface area contributed by atoms with Crippen molar-refractivity contribution in [2.45, 2.75) is 32.3 Å². The number of unbranched alkanes of at least 4 members (excludes halogenated alkanes) is 2. The molecule has 128 valence electrons. The highest BCUT2D eigenvalue weighted by molar-refractivity contribution is 7.92. The Hall–Kier alpha value is -1.47. The fourth-order valence-electron chi connectivity index (χ4n) is 2.38. The van der Waals surface area contributed by atoms with E-state index in [0.29, 0.717) is 23.0 Å². The Morgan fingerprint density at radius 3 is 2.83 bits per heavy atom. The van der Waals surface area contributed by atoms with E-state index in [2.05, 4.69) is 12.2 Å². The topological polar surface area (TPSA) is 75.7 Å². The SMILES string of the molecule is CCCCCNC(=O)[C@@H]1CN(S(C)(=O)=O)c2cc(Cl)ccc2O1. The summed E-state index contributed by atoms with van der Waals surface area (Å²) in [6.45, 7) is 2.57. The normalized spacial score (nSPS) is 17.3. The molecule has 0 unspecified atom stereocenters. The molecule has 0 saturated carbocycles. The van der Waals surface area contributed by atoms with E-state index >= 15 is 0 Å². The first kappa shape index (κ1) is 17.9. The molecule has 8 heteroatoms. The van der Waals surface area contributed by atoms with E-state index in [1.54, 1.807) is 12.1 Å². The van der Waals surface area contributed by atoms with Crippen molar-refractivity contribution < 1.29 is 17.9 Å². The van der Waals surface area contributed by atoms with Gasteiger partial charge in [-0.05, 0) is 24.6 Å². The highest BCUT2D eigenvalue weighted by Gasteiger charge is 2.34. The molecular weight excluding hydrogens is 340 g/mol. The second kappa shape index (κ2) is 7.40. The maximum atomic E-state index is 12.2. The number of carbonyl (C=O) groups is 1. The lowest BCUT2D eigenvalue weighted by Crippen LogP contribution is -2.50. The van der Waals surface area contributed by atoms with Crippen LogP contribution in [0.5, 0.6) is 5.75 Å². The van der Waals surface area contributed by atoms with Crippen LogP contribution in [0.4, 0.5) is 5.69 Å². The van der Waals surface area contributed by atoms with Crippen LogP contribution in [0.25, 0.3) is 0 Å². The molecule has 1 aliphatic rings. The van der Waals surface area contributed by atoms with E-state index in [1.807, 2.05) is 0 Å². The van der Waals surface area contributed by atoms with Crippen LogP contribution in [0.15, 0.2) is 18.2 Å². The van der Waals surface area contributed by atoms with Gasteiger partial charge in [-0.15, -0.1) is 0 Å². The summed E-state index contributed by atoms with van der Waals surface area (Å²) in [6.07, 6.45) is 3.20. The standard InChI is InChI=1S/C15H21ClN2O4S/c1-3-4-5-8-17-15(19)14-10-18(23(2,20)21)12-9-11(16)6-7-13(12)22-14/h6-7,9,14H,3-5,8,10H2,1-2H3,(H,17,19)/t14-/m0/s1. The van der Waals surface area contributed by atoms with Crippen molar-refractivity contribution in [1.29, 1.82) is 0 Å². The predicted molar refractivity (Wildman–Crippen MR) is 90.6 cm³/mol. The Morgan fingerprint density at radius 1 is 1.43 bits per heavy atom. The van der Waals surface area contributed by atoms with E-state index in [4.69, 9.17) is 16.3 Å². The third kappa shape index (κ3) is 4.51. The summed E-state index contributed by atoms with van der Waals surface area (Å²) >= 11 is 5.93. The Labute approximate surface area is 141 Å². The first-order valence-corrected chi connectivity index (χ1v) is 9.77. The number of anilines is 1. The monoisotopic (exact) mass is 360 g/mol. The molecule has 0 bridgehead atoms. The molecule has 1 aromatic carbocycles. The van der Waals surface area contributed by atoms with Crippen molar-refractivity contribution in [1.82, 2.24) is 5.32 Å². The molecule has 1 amide bonds. The molecular formula is C15H21ClN2O4S. The Balaban J connectivity index is 2.17. The van der Waals surface area contributed by atoms with E-state index in [-0.39, 0.29) is 12.5 Å². The summed E-state index contributed by atoms with van der Waals surface area (Å²) in [5.74, 6) is 0.0233. The van der Waals surface area contributed by atoms with Crippen LogP contribution >= 0.6 is 11.6 Å². The molecule has 1 heterocycles. The molecule has 0 spiro atoms. The number of hydrogen-bond acceptors (Lipinski definition) is 4. The second-order valence-electron chi connectivity index (χ2n) is 5.51. The number of benzene rings is 1. The fourth-order valence-corrected chi connectivity index (χ4v) is 3.45. The number of hydrogen-bond donors (Lipinski definition) is 1. The number of fused-ring (bicyclic) bond motifs is 1. The maximum Gasteiger partial charge on any atom is 0.263 e. The molecule has 0 saturated heterocycles. The van der Waals surface area contributed by atoms with Crippen LogP contribution in [0.3, 0.4) is 0 Å². The largest absolute Gasteiger partial charge is 0.476 e. The molecule has 0 aliphatic carbocycles. The third-order valence-corrected chi connectivity index (χ3v) is 4.94. The summed E-state index contributed by atoms with van der Waals surface area (Å²) in [4.78, 5) is 12.2. The van der Waals surface area contributed by atoms with Gasteiger partial charge in [0.05, 0.1) is 18.5 Å². The molecule has 1 aliphatic heterocycles. The number of ether oxygens (including phenoxy) is 1. The molecule has 2 rings (SSSR count). The molecule has 0 fully saturated rings. The Bertz CT molecular complexity index is 678. The van der Waals surface area contributed by atoms with Crippen LogP contribution in [-0.4, -0.2) is 39.8 Å². The number of nitrogens with one attached hydrogen (secondary N) is 1. The van der Waals surface area contributed by atoms with E-state index in [1.165, 1.54) is 6.07 Å². The predicted octanol–water partition coefficient (Wildman–Crippen LogP) is 2.17. The van der Waals surface area contributed by atoms with Crippen LogP contribution in [-0.2, 0) is 14.8 Å². The molecule has 1 atom stereocenters. The summed E-state index contributed by atoms with van der Waals surface area (Å²) in [7, 11) is -3.54. The average molecular weight is 361 g/mol. The summed E-state index contributed by atoms with van der Waals surface area (Å²) in [5, 5.41) is 3.20. The van der Waals surface area contributed by atoms with E-state index in [9.17, 15) is 13.2 Å². The summed E-state index contributed by atoms with van der Waals surface area (Å²) in [5.41, 5.74) is 0.357. The summed E-state index contributed by atoms with van der Waals surface area (Å²) in [6, 6.07) is 4.70. The van der Waals surface area contributed by atoms with Crippen molar-refractivity contribution in [3.8, 4) is 5.75 Å². The zero-order chi connectivity index (χ0) is 17.0. The van der Waals surface area contributed by atoms with Crippen LogP contribution in [0.1, 0.15) is 26.2 Å². The van der Waals surface area contributed by atoms with Gasteiger partial charge in [0, 0.05) is 11.6 Å². The summed E-state index contributed by atoms with van der Waals surface area (Å²) < 4.78 is 30.9. The van der Waals surface area contributed by atoms with Gasteiger partial charge < -0.3 is 10.1 Å². The highest BCUT2D eigenvalue weighted by Crippen LogP contribution is 2.37. The van der Waals surface area contributed by atoms with Gasteiger partial charge in [0.25, 0.3) is 5.91 Å². The maximum absolute atomic E-state index is 12.2. The highest BCUT2D eigenvalue weighted by atomic mass is 35.5. The third-order valence-electron chi connectivity index (χ3n) is 3.56. The average Bonchev–Trinajstić information content (AvgIpc) is 2.49. The number of sulfonamides is 1. The van der Waals surface area contributed by atoms with Crippen molar-refractivity contribution in [3.63, 3.8) is 0 Å². The molecule has 0 aromatic heterocycles. The fraction of sp³-hybridized carbons (Fsp3) is 0.533. The van der Waals surface area contributed by atoms with Crippen molar-refractivity contribution in [2.75, 3.05) is 23.7 Å². The molecule has 6 nitrogen and oxygen atoms in total. The smallest absolute Gasteiger partial charge is 0.263 e. The van der Waals surface area contributed by atoms with E-state index < -0.39 is 16.1 Å². The van der Waals surface area contributed by atoms with Gasteiger partial charge in [-0.2, -0.15) is 0 Å². The number of amides is 1. The van der Waals surface area contributed by atoms with E-state index in [0.717, 1.165) is 29.8 Å². The zero-order valence-electron chi connectivity index (χ0n) is 13.2. The minimum atomic E-state index is -3.54. The van der Waals surface area contributed by atoms with Gasteiger partial charge in [-0.1, -0.05) is 31.4 Å². The minimum absolute atomic E-state index is 0.0637. The first-order valence-electron chi connectivity index (χ1n) is 7.54. The molecule has 1 aromatic rings. The van der Waals surface area contributed by atoms with Gasteiger partial charge in [-0.25, -0.2) is 8.42 Å². The number of nitrogens with zero attached hydrogens (tertiary/aromatic N) is 1. The zero-order valence-corrected chi connectivity index (χ0v) is 14.8.